The third-order valence-electron chi connectivity index (χ3n) is 8.83. The zero-order chi connectivity index (χ0) is 32.3. The second-order valence-electron chi connectivity index (χ2n) is 13.6. The van der Waals surface area contributed by atoms with Crippen LogP contribution in [0.25, 0.3) is 10.9 Å². The molecule has 0 aliphatic carbocycles. The van der Waals surface area contributed by atoms with Gasteiger partial charge in [-0.2, -0.15) is 5.10 Å². The predicted octanol–water partition coefficient (Wildman–Crippen LogP) is 6.98. The van der Waals surface area contributed by atoms with Crippen LogP contribution in [0.15, 0.2) is 67.0 Å². The average Bonchev–Trinajstić information content (AvgIpc) is 3.46. The molecule has 2 aliphatic rings. The van der Waals surface area contributed by atoms with Crippen LogP contribution >= 0.6 is 0 Å². The van der Waals surface area contributed by atoms with E-state index in [1.165, 1.54) is 0 Å². The van der Waals surface area contributed by atoms with E-state index in [1.54, 1.807) is 11.1 Å². The number of rotatable bonds is 10. The Morgan fingerprint density at radius 2 is 1.87 bits per heavy atom. The highest BCUT2D eigenvalue weighted by molar-refractivity contribution is 6.76. The minimum atomic E-state index is -1.15. The molecular formula is C35H44N6O4Si. The number of piperidine rings is 1. The lowest BCUT2D eigenvalue weighted by Gasteiger charge is -2.40. The molecule has 4 aromatic rings. The van der Waals surface area contributed by atoms with Gasteiger partial charge in [-0.15, -0.1) is 0 Å². The summed E-state index contributed by atoms with van der Waals surface area (Å²) in [6.07, 6.45) is 4.72. The first-order valence-electron chi connectivity index (χ1n) is 16.2. The first-order valence-corrected chi connectivity index (χ1v) is 19.9. The number of para-hydroxylation sites is 1. The van der Waals surface area contributed by atoms with Crippen molar-refractivity contribution in [3.63, 3.8) is 0 Å². The summed E-state index contributed by atoms with van der Waals surface area (Å²) in [5.74, 6) is 0. The van der Waals surface area contributed by atoms with Crippen LogP contribution in [0.4, 0.5) is 15.3 Å². The topological polar surface area (TPSA) is 102 Å². The average molecular weight is 641 g/mol. The predicted molar refractivity (Wildman–Crippen MR) is 181 cm³/mol. The van der Waals surface area contributed by atoms with Crippen molar-refractivity contribution in [2.45, 2.75) is 77.3 Å². The fourth-order valence-electron chi connectivity index (χ4n) is 6.22. The summed E-state index contributed by atoms with van der Waals surface area (Å²) in [4.78, 5) is 34.5. The lowest BCUT2D eigenvalue weighted by molar-refractivity contribution is 0.0463. The summed E-state index contributed by atoms with van der Waals surface area (Å²) in [6.45, 7) is 11.9. The third-order valence-corrected chi connectivity index (χ3v) is 10.5. The SMILES string of the molecule is Cc1cc(CC(OC(=O)N2CCC(N3Cc4ccccc4NC3=O)CC2)c2ccccn2)cc2cn(COCC[Si](C)(C)C)nc12. The first kappa shape index (κ1) is 31.7. The number of amides is 3. The van der Waals surface area contributed by atoms with Crippen molar-refractivity contribution < 1.29 is 19.1 Å². The van der Waals surface area contributed by atoms with E-state index in [9.17, 15) is 9.59 Å². The summed E-state index contributed by atoms with van der Waals surface area (Å²) in [7, 11) is -1.15. The molecule has 4 heterocycles. The number of likely N-dealkylation sites (tertiary alicyclic amines) is 1. The lowest BCUT2D eigenvalue weighted by Crippen LogP contribution is -2.51. The van der Waals surface area contributed by atoms with Crippen LogP contribution in [-0.2, 0) is 29.2 Å². The quantitative estimate of drug-likeness (QED) is 0.148. The van der Waals surface area contributed by atoms with E-state index in [2.05, 4.69) is 49.0 Å². The molecule has 6 rings (SSSR count). The minimum absolute atomic E-state index is 0.0605. The molecule has 1 unspecified atom stereocenters. The maximum atomic E-state index is 13.5. The number of urea groups is 1. The van der Waals surface area contributed by atoms with Crippen molar-refractivity contribution in [2.75, 3.05) is 25.0 Å². The molecule has 1 fully saturated rings. The number of hydrogen-bond donors (Lipinski definition) is 1. The summed E-state index contributed by atoms with van der Waals surface area (Å²) < 4.78 is 14.0. The maximum Gasteiger partial charge on any atom is 0.410 e. The molecule has 1 atom stereocenters. The molecular weight excluding hydrogens is 597 g/mol. The highest BCUT2D eigenvalue weighted by atomic mass is 28.3. The molecule has 46 heavy (non-hydrogen) atoms. The normalized spacial score (nSPS) is 16.3. The van der Waals surface area contributed by atoms with Crippen LogP contribution in [0.3, 0.4) is 0 Å². The van der Waals surface area contributed by atoms with Gasteiger partial charge >= 0.3 is 12.1 Å². The fourth-order valence-corrected chi connectivity index (χ4v) is 6.97. The molecule has 2 aliphatic heterocycles. The van der Waals surface area contributed by atoms with Crippen molar-refractivity contribution in [1.29, 1.82) is 0 Å². The number of aryl methyl sites for hydroxylation is 1. The Hall–Kier alpha value is -4.22. The Morgan fingerprint density at radius 1 is 1.09 bits per heavy atom. The maximum absolute atomic E-state index is 13.5. The summed E-state index contributed by atoms with van der Waals surface area (Å²) in [5.41, 5.74) is 5.73. The third kappa shape index (κ3) is 7.59. The van der Waals surface area contributed by atoms with E-state index in [0.29, 0.717) is 51.3 Å². The van der Waals surface area contributed by atoms with E-state index in [0.717, 1.165) is 45.9 Å². The van der Waals surface area contributed by atoms with Gasteiger partial charge < -0.3 is 24.6 Å². The molecule has 10 nitrogen and oxygen atoms in total. The minimum Gasteiger partial charge on any atom is -0.439 e. The van der Waals surface area contributed by atoms with Gasteiger partial charge in [0.05, 0.1) is 11.2 Å². The van der Waals surface area contributed by atoms with Gasteiger partial charge in [0.15, 0.2) is 0 Å². The number of pyridine rings is 1. The van der Waals surface area contributed by atoms with Gasteiger partial charge in [0.1, 0.15) is 12.8 Å². The van der Waals surface area contributed by atoms with Crippen molar-refractivity contribution in [2.24, 2.45) is 0 Å². The van der Waals surface area contributed by atoms with Crippen LogP contribution in [0.2, 0.25) is 25.7 Å². The number of nitrogens with one attached hydrogen (secondary N) is 1. The van der Waals surface area contributed by atoms with Crippen molar-refractivity contribution in [3.05, 3.63) is 89.4 Å². The molecule has 2 aromatic heterocycles. The standard InChI is InChI=1S/C35H44N6O4Si/c1-25-19-26(20-28-22-40(38-33(25)28)24-44-17-18-46(2,3)4)21-32(31-11-7-8-14-36-31)45-35(43)39-15-12-29(13-16-39)41-23-27-9-5-6-10-30(27)37-34(41)42/h5-11,14,19-20,22,29,32H,12-13,15-18,21,23-24H2,1-4H3,(H,37,42). The monoisotopic (exact) mass is 640 g/mol. The van der Waals surface area contributed by atoms with Crippen LogP contribution < -0.4 is 5.32 Å². The highest BCUT2D eigenvalue weighted by Gasteiger charge is 2.34. The van der Waals surface area contributed by atoms with Crippen molar-refractivity contribution in [1.82, 2.24) is 24.6 Å². The number of hydrogen-bond acceptors (Lipinski definition) is 6. The number of benzene rings is 2. The molecule has 0 radical (unpaired) electrons. The molecule has 0 saturated carbocycles. The second kappa shape index (κ2) is 13.6. The number of carbonyl (C=O) groups excluding carboxylic acids is 2. The van der Waals surface area contributed by atoms with E-state index >= 15 is 0 Å². The zero-order valence-corrected chi connectivity index (χ0v) is 28.2. The van der Waals surface area contributed by atoms with Gasteiger partial charge in [0, 0.05) is 70.2 Å². The molecule has 2 aromatic carbocycles. The van der Waals surface area contributed by atoms with E-state index in [-0.39, 0.29) is 18.2 Å². The first-order chi connectivity index (χ1) is 22.1. The van der Waals surface area contributed by atoms with Crippen molar-refractivity contribution >= 4 is 36.8 Å². The molecule has 1 N–H and O–H groups in total. The van der Waals surface area contributed by atoms with Gasteiger partial charge in [-0.3, -0.25) is 4.98 Å². The number of fused-ring (bicyclic) bond motifs is 2. The van der Waals surface area contributed by atoms with Crippen LogP contribution in [0, 0.1) is 6.92 Å². The summed E-state index contributed by atoms with van der Waals surface area (Å²) >= 11 is 0. The van der Waals surface area contributed by atoms with Crippen LogP contribution in [-0.4, -0.2) is 70.5 Å². The largest absolute Gasteiger partial charge is 0.439 e. The Labute approximate surface area is 271 Å². The Kier molecular flexibility index (Phi) is 9.41. The molecule has 3 amide bonds. The molecule has 1 saturated heterocycles. The molecule has 0 bridgehead atoms. The van der Waals surface area contributed by atoms with Crippen molar-refractivity contribution in [3.8, 4) is 0 Å². The number of nitrogens with zero attached hydrogens (tertiary/aromatic N) is 5. The Bertz CT molecular complexity index is 1680. The molecule has 0 spiro atoms. The van der Waals surface area contributed by atoms with Gasteiger partial charge in [0.25, 0.3) is 0 Å². The smallest absolute Gasteiger partial charge is 0.410 e. The lowest BCUT2D eigenvalue weighted by atomic mass is 10.0. The van der Waals surface area contributed by atoms with Crippen LogP contribution in [0.5, 0.6) is 0 Å². The van der Waals surface area contributed by atoms with E-state index in [4.69, 9.17) is 14.6 Å². The zero-order valence-electron chi connectivity index (χ0n) is 27.2. The number of anilines is 1. The van der Waals surface area contributed by atoms with Gasteiger partial charge in [-0.25, -0.2) is 14.3 Å². The van der Waals surface area contributed by atoms with Gasteiger partial charge in [-0.05, 0) is 66.8 Å². The van der Waals surface area contributed by atoms with Crippen LogP contribution in [0.1, 0.15) is 41.3 Å². The fraction of sp³-hybridized carbons (Fsp3) is 0.429. The summed E-state index contributed by atoms with van der Waals surface area (Å²) in [5, 5.41) is 8.79. The Morgan fingerprint density at radius 3 is 2.63 bits per heavy atom. The number of ether oxygens (including phenoxy) is 2. The van der Waals surface area contributed by atoms with Gasteiger partial charge in [-0.1, -0.05) is 50.0 Å². The van der Waals surface area contributed by atoms with Gasteiger partial charge in [0.2, 0.25) is 0 Å². The highest BCUT2D eigenvalue weighted by Crippen LogP contribution is 2.30. The number of carbonyl (C=O) groups is 2. The Balaban J connectivity index is 1.10. The summed E-state index contributed by atoms with van der Waals surface area (Å²) in [6, 6.07) is 18.9. The van der Waals surface area contributed by atoms with E-state index < -0.39 is 14.2 Å². The number of aromatic nitrogens is 3. The molecule has 242 valence electrons. The molecule has 11 heteroatoms. The second-order valence-corrected chi connectivity index (χ2v) is 19.3. The van der Waals surface area contributed by atoms with E-state index in [1.807, 2.05) is 58.2 Å².